The number of nitrogens with zero attached hydrogens (tertiary/aromatic N) is 2. The van der Waals surface area contributed by atoms with Crippen molar-refractivity contribution in [2.45, 2.75) is 44.7 Å². The van der Waals surface area contributed by atoms with Gasteiger partial charge in [0.2, 0.25) is 5.91 Å². The van der Waals surface area contributed by atoms with E-state index < -0.39 is 0 Å². The average Bonchev–Trinajstić information content (AvgIpc) is 3.01. The zero-order chi connectivity index (χ0) is 14.7. The van der Waals surface area contributed by atoms with Gasteiger partial charge in [0.25, 0.3) is 0 Å². The first-order valence-electron chi connectivity index (χ1n) is 8.70. The van der Waals surface area contributed by atoms with Crippen molar-refractivity contribution in [2.24, 2.45) is 5.92 Å². The van der Waals surface area contributed by atoms with Crippen LogP contribution in [-0.4, -0.2) is 73.6 Å². The molecule has 2 N–H and O–H groups in total. The van der Waals surface area contributed by atoms with Crippen LogP contribution in [0.3, 0.4) is 0 Å². The highest BCUT2D eigenvalue weighted by Gasteiger charge is 2.30. The minimum Gasteiger partial charge on any atom is -0.341 e. The molecular formula is C16H30N4O. The molecule has 2 atom stereocenters. The molecule has 0 spiro atoms. The number of hydrogen-bond donors (Lipinski definition) is 2. The predicted molar refractivity (Wildman–Crippen MR) is 84.2 cm³/mol. The highest BCUT2D eigenvalue weighted by molar-refractivity contribution is 5.82. The van der Waals surface area contributed by atoms with Gasteiger partial charge in [-0.1, -0.05) is 0 Å². The number of nitrogens with one attached hydrogen (secondary N) is 2. The number of amides is 1. The van der Waals surface area contributed by atoms with E-state index in [4.69, 9.17) is 0 Å². The molecule has 3 rings (SSSR count). The summed E-state index contributed by atoms with van der Waals surface area (Å²) in [4.78, 5) is 17.2. The lowest BCUT2D eigenvalue weighted by Crippen LogP contribution is -2.60. The third-order valence-electron chi connectivity index (χ3n) is 5.28. The summed E-state index contributed by atoms with van der Waals surface area (Å²) in [6.45, 7) is 9.54. The van der Waals surface area contributed by atoms with Crippen LogP contribution in [0.25, 0.3) is 0 Å². The van der Waals surface area contributed by atoms with Crippen molar-refractivity contribution >= 4 is 5.91 Å². The number of rotatable bonds is 3. The van der Waals surface area contributed by atoms with E-state index in [1.807, 2.05) is 0 Å². The molecule has 3 aliphatic heterocycles. The number of carbonyl (C=O) groups excluding carboxylic acids is 1. The summed E-state index contributed by atoms with van der Waals surface area (Å²) >= 11 is 0. The number of hydrogen-bond acceptors (Lipinski definition) is 4. The van der Waals surface area contributed by atoms with Gasteiger partial charge in [0, 0.05) is 38.8 Å². The van der Waals surface area contributed by atoms with E-state index in [0.29, 0.717) is 11.9 Å². The normalized spacial score (nSPS) is 32.5. The lowest BCUT2D eigenvalue weighted by atomic mass is 9.95. The first-order valence-corrected chi connectivity index (χ1v) is 8.70. The summed E-state index contributed by atoms with van der Waals surface area (Å²) in [6.07, 6.45) is 5.10. The zero-order valence-corrected chi connectivity index (χ0v) is 13.3. The number of carbonyl (C=O) groups is 1. The van der Waals surface area contributed by atoms with Gasteiger partial charge in [0.05, 0.1) is 6.04 Å². The van der Waals surface area contributed by atoms with Crippen LogP contribution in [0.1, 0.15) is 32.6 Å². The van der Waals surface area contributed by atoms with Crippen LogP contribution >= 0.6 is 0 Å². The van der Waals surface area contributed by atoms with Crippen LogP contribution in [0.4, 0.5) is 0 Å². The standard InChI is InChI=1S/C16H30N4O/c1-13-10-18-15(11-17-13)16(21)20-8-4-14(5-9-20)12-19-6-2-3-7-19/h13-15,17-18H,2-12H2,1H3. The Bertz CT molecular complexity index is 340. The molecule has 3 aliphatic rings. The molecule has 5 heteroatoms. The van der Waals surface area contributed by atoms with E-state index in [-0.39, 0.29) is 6.04 Å². The van der Waals surface area contributed by atoms with Gasteiger partial charge in [0.15, 0.2) is 0 Å². The van der Waals surface area contributed by atoms with E-state index in [1.54, 1.807) is 0 Å². The molecule has 21 heavy (non-hydrogen) atoms. The fraction of sp³-hybridized carbons (Fsp3) is 0.938. The highest BCUT2D eigenvalue weighted by Crippen LogP contribution is 2.21. The summed E-state index contributed by atoms with van der Waals surface area (Å²) in [5.74, 6) is 1.10. The van der Waals surface area contributed by atoms with Gasteiger partial charge < -0.3 is 20.4 Å². The second-order valence-electron chi connectivity index (χ2n) is 7.05. The molecule has 0 bridgehead atoms. The van der Waals surface area contributed by atoms with Gasteiger partial charge in [-0.25, -0.2) is 0 Å². The third-order valence-corrected chi connectivity index (χ3v) is 5.28. The first kappa shape index (κ1) is 15.3. The quantitative estimate of drug-likeness (QED) is 0.784. The Morgan fingerprint density at radius 1 is 1.05 bits per heavy atom. The monoisotopic (exact) mass is 294 g/mol. The molecular weight excluding hydrogens is 264 g/mol. The summed E-state index contributed by atoms with van der Waals surface area (Å²) in [5, 5.41) is 6.77. The first-order chi connectivity index (χ1) is 10.2. The van der Waals surface area contributed by atoms with Gasteiger partial charge in [-0.05, 0) is 51.6 Å². The molecule has 5 nitrogen and oxygen atoms in total. The van der Waals surface area contributed by atoms with E-state index in [0.717, 1.165) is 32.1 Å². The Morgan fingerprint density at radius 2 is 1.76 bits per heavy atom. The van der Waals surface area contributed by atoms with Crippen molar-refractivity contribution in [1.29, 1.82) is 0 Å². The molecule has 1 amide bonds. The fourth-order valence-electron chi connectivity index (χ4n) is 3.84. The second-order valence-corrected chi connectivity index (χ2v) is 7.05. The van der Waals surface area contributed by atoms with Crippen molar-refractivity contribution < 1.29 is 4.79 Å². The Morgan fingerprint density at radius 3 is 2.38 bits per heavy atom. The van der Waals surface area contributed by atoms with Crippen LogP contribution in [0.2, 0.25) is 0 Å². The minimum atomic E-state index is -0.0173. The number of piperidine rings is 1. The molecule has 0 aliphatic carbocycles. The summed E-state index contributed by atoms with van der Waals surface area (Å²) in [5.41, 5.74) is 0. The summed E-state index contributed by atoms with van der Waals surface area (Å²) in [6, 6.07) is 0.455. The van der Waals surface area contributed by atoms with E-state index in [9.17, 15) is 4.79 Å². The minimum absolute atomic E-state index is 0.0173. The highest BCUT2D eigenvalue weighted by atomic mass is 16.2. The molecule has 3 fully saturated rings. The molecule has 0 radical (unpaired) electrons. The molecule has 3 heterocycles. The van der Waals surface area contributed by atoms with Crippen LogP contribution in [0.5, 0.6) is 0 Å². The number of likely N-dealkylation sites (tertiary alicyclic amines) is 2. The summed E-state index contributed by atoms with van der Waals surface area (Å²) < 4.78 is 0. The van der Waals surface area contributed by atoms with Gasteiger partial charge in [-0.2, -0.15) is 0 Å². The molecule has 0 aromatic carbocycles. The predicted octanol–water partition coefficient (Wildman–Crippen LogP) is 0.271. The Hall–Kier alpha value is -0.650. The third kappa shape index (κ3) is 3.96. The van der Waals surface area contributed by atoms with Crippen LogP contribution in [-0.2, 0) is 4.79 Å². The molecule has 120 valence electrons. The average molecular weight is 294 g/mol. The van der Waals surface area contributed by atoms with E-state index in [1.165, 1.54) is 45.3 Å². The smallest absolute Gasteiger partial charge is 0.241 e. The van der Waals surface area contributed by atoms with Crippen molar-refractivity contribution in [3.63, 3.8) is 0 Å². The Labute approximate surface area is 128 Å². The largest absolute Gasteiger partial charge is 0.341 e. The van der Waals surface area contributed by atoms with E-state index in [2.05, 4.69) is 27.4 Å². The van der Waals surface area contributed by atoms with Gasteiger partial charge in [-0.3, -0.25) is 4.79 Å². The fourth-order valence-corrected chi connectivity index (χ4v) is 3.84. The zero-order valence-electron chi connectivity index (χ0n) is 13.3. The lowest BCUT2D eigenvalue weighted by molar-refractivity contribution is -0.135. The Kier molecular flexibility index (Phi) is 5.14. The van der Waals surface area contributed by atoms with Gasteiger partial charge in [-0.15, -0.1) is 0 Å². The van der Waals surface area contributed by atoms with Crippen LogP contribution in [0, 0.1) is 5.92 Å². The molecule has 0 saturated carbocycles. The topological polar surface area (TPSA) is 47.6 Å². The van der Waals surface area contributed by atoms with Crippen LogP contribution in [0.15, 0.2) is 0 Å². The maximum atomic E-state index is 12.5. The Balaban J connectivity index is 1.41. The summed E-state index contributed by atoms with van der Waals surface area (Å²) in [7, 11) is 0. The maximum Gasteiger partial charge on any atom is 0.241 e. The molecule has 0 aromatic rings. The van der Waals surface area contributed by atoms with Crippen LogP contribution < -0.4 is 10.6 Å². The SMILES string of the molecule is CC1CNC(C(=O)N2CCC(CN3CCCC3)CC2)CN1. The van der Waals surface area contributed by atoms with Gasteiger partial charge in [0.1, 0.15) is 0 Å². The maximum absolute atomic E-state index is 12.5. The lowest BCUT2D eigenvalue weighted by Gasteiger charge is -2.37. The van der Waals surface area contributed by atoms with Crippen molar-refractivity contribution in [3.05, 3.63) is 0 Å². The molecule has 3 saturated heterocycles. The van der Waals surface area contributed by atoms with Crippen molar-refractivity contribution in [2.75, 3.05) is 45.8 Å². The number of piperazine rings is 1. The second kappa shape index (κ2) is 7.07. The molecule has 2 unspecified atom stereocenters. The van der Waals surface area contributed by atoms with Gasteiger partial charge >= 0.3 is 0 Å². The van der Waals surface area contributed by atoms with Crippen molar-refractivity contribution in [3.8, 4) is 0 Å². The van der Waals surface area contributed by atoms with E-state index >= 15 is 0 Å². The van der Waals surface area contributed by atoms with Crippen molar-refractivity contribution in [1.82, 2.24) is 20.4 Å². The molecule has 0 aromatic heterocycles.